The number of carboxylic acids is 1. The molecule has 0 saturated heterocycles. The van der Waals surface area contributed by atoms with Crippen molar-refractivity contribution < 1.29 is 9.90 Å². The van der Waals surface area contributed by atoms with Crippen LogP contribution >= 0.6 is 0 Å². The molecular weight excluding hydrogens is 176 g/mol. The van der Waals surface area contributed by atoms with Gasteiger partial charge in [0.25, 0.3) is 0 Å². The van der Waals surface area contributed by atoms with Crippen LogP contribution in [0.2, 0.25) is 0 Å². The number of hydrogen-bond acceptors (Lipinski definition) is 1. The van der Waals surface area contributed by atoms with Gasteiger partial charge in [-0.05, 0) is 29.9 Å². The van der Waals surface area contributed by atoms with Crippen LogP contribution in [0.3, 0.4) is 0 Å². The summed E-state index contributed by atoms with van der Waals surface area (Å²) in [5.74, 6) is -0.630. The molecule has 74 valence electrons. The van der Waals surface area contributed by atoms with Crippen LogP contribution in [0, 0.1) is 11.8 Å². The van der Waals surface area contributed by atoms with Gasteiger partial charge in [0.1, 0.15) is 0 Å². The summed E-state index contributed by atoms with van der Waals surface area (Å²) in [6, 6.07) is 8.24. The predicted molar refractivity (Wildman–Crippen MR) is 54.1 cm³/mol. The second-order valence-corrected chi connectivity index (χ2v) is 4.06. The third-order valence-electron chi connectivity index (χ3n) is 3.18. The van der Waals surface area contributed by atoms with Gasteiger partial charge in [0.05, 0.1) is 5.92 Å². The minimum Gasteiger partial charge on any atom is -0.481 e. The van der Waals surface area contributed by atoms with Crippen molar-refractivity contribution in [2.24, 2.45) is 11.8 Å². The molecule has 0 saturated carbocycles. The molecule has 0 amide bonds. The van der Waals surface area contributed by atoms with E-state index in [4.69, 9.17) is 5.11 Å². The van der Waals surface area contributed by atoms with Crippen molar-refractivity contribution in [3.63, 3.8) is 0 Å². The average Bonchev–Trinajstić information content (AvgIpc) is 2.59. The van der Waals surface area contributed by atoms with Crippen molar-refractivity contribution in [2.75, 3.05) is 0 Å². The van der Waals surface area contributed by atoms with E-state index in [0.29, 0.717) is 0 Å². The van der Waals surface area contributed by atoms with E-state index in [1.54, 1.807) is 6.92 Å². The molecule has 0 spiro atoms. The highest BCUT2D eigenvalue weighted by molar-refractivity contribution is 5.70. The van der Waals surface area contributed by atoms with Crippen LogP contribution in [-0.4, -0.2) is 11.1 Å². The third kappa shape index (κ3) is 1.52. The average molecular weight is 190 g/mol. The van der Waals surface area contributed by atoms with E-state index in [2.05, 4.69) is 12.1 Å². The van der Waals surface area contributed by atoms with Crippen LogP contribution in [0.1, 0.15) is 18.1 Å². The second kappa shape index (κ2) is 3.45. The van der Waals surface area contributed by atoms with Gasteiger partial charge in [-0.2, -0.15) is 0 Å². The van der Waals surface area contributed by atoms with Crippen LogP contribution in [0.5, 0.6) is 0 Å². The Morgan fingerprint density at radius 2 is 1.86 bits per heavy atom. The smallest absolute Gasteiger partial charge is 0.306 e. The molecule has 0 bridgehead atoms. The molecule has 1 aliphatic rings. The number of carboxylic acid groups (broad SMARTS) is 1. The molecular formula is C12H14O2. The summed E-state index contributed by atoms with van der Waals surface area (Å²) >= 11 is 0. The zero-order valence-electron chi connectivity index (χ0n) is 8.23. The van der Waals surface area contributed by atoms with Crippen LogP contribution in [-0.2, 0) is 17.6 Å². The van der Waals surface area contributed by atoms with E-state index in [0.717, 1.165) is 12.8 Å². The lowest BCUT2D eigenvalue weighted by molar-refractivity contribution is -0.142. The summed E-state index contributed by atoms with van der Waals surface area (Å²) in [5, 5.41) is 8.92. The Morgan fingerprint density at radius 1 is 1.36 bits per heavy atom. The van der Waals surface area contributed by atoms with E-state index in [9.17, 15) is 4.79 Å². The minimum absolute atomic E-state index is 0.234. The summed E-state index contributed by atoms with van der Waals surface area (Å²) in [4.78, 5) is 10.8. The van der Waals surface area contributed by atoms with Gasteiger partial charge in [0.2, 0.25) is 0 Å². The van der Waals surface area contributed by atoms with Crippen molar-refractivity contribution in [1.29, 1.82) is 0 Å². The minimum atomic E-state index is -0.678. The molecule has 0 heterocycles. The van der Waals surface area contributed by atoms with Gasteiger partial charge in [-0.25, -0.2) is 0 Å². The van der Waals surface area contributed by atoms with Crippen LogP contribution < -0.4 is 0 Å². The fraction of sp³-hybridized carbons (Fsp3) is 0.417. The summed E-state index contributed by atoms with van der Waals surface area (Å²) in [6.07, 6.45) is 1.84. The number of aliphatic carboxylic acids is 1. The Labute approximate surface area is 83.6 Å². The van der Waals surface area contributed by atoms with Crippen LogP contribution in [0.4, 0.5) is 0 Å². The first-order valence-electron chi connectivity index (χ1n) is 4.98. The molecule has 1 atom stereocenters. The molecule has 1 aromatic rings. The van der Waals surface area contributed by atoms with Gasteiger partial charge in [0, 0.05) is 0 Å². The molecule has 0 aromatic heterocycles. The normalized spacial score (nSPS) is 17.8. The Hall–Kier alpha value is -1.31. The molecule has 2 heteroatoms. The van der Waals surface area contributed by atoms with E-state index in [1.165, 1.54) is 11.1 Å². The van der Waals surface area contributed by atoms with Crippen molar-refractivity contribution in [1.82, 2.24) is 0 Å². The Balaban J connectivity index is 2.15. The molecule has 2 rings (SSSR count). The standard InChI is InChI=1S/C12H14O2/c1-8(12(13)14)11-6-9-4-2-3-5-10(9)7-11/h2-5,8,11H,6-7H2,1H3,(H,13,14)/t8-/m0/s1. The molecule has 0 unspecified atom stereocenters. The van der Waals surface area contributed by atoms with Gasteiger partial charge < -0.3 is 5.11 Å². The maximum Gasteiger partial charge on any atom is 0.306 e. The molecule has 1 aromatic carbocycles. The number of rotatable bonds is 2. The maximum atomic E-state index is 10.8. The highest BCUT2D eigenvalue weighted by Crippen LogP contribution is 2.31. The number of fused-ring (bicyclic) bond motifs is 1. The topological polar surface area (TPSA) is 37.3 Å². The van der Waals surface area contributed by atoms with Crippen LogP contribution in [0.25, 0.3) is 0 Å². The first-order chi connectivity index (χ1) is 6.68. The fourth-order valence-electron chi connectivity index (χ4n) is 2.15. The summed E-state index contributed by atoms with van der Waals surface area (Å²) in [6.45, 7) is 1.80. The number of benzene rings is 1. The quantitative estimate of drug-likeness (QED) is 0.775. The first kappa shape index (κ1) is 9.25. The van der Waals surface area contributed by atoms with Gasteiger partial charge in [0.15, 0.2) is 0 Å². The largest absolute Gasteiger partial charge is 0.481 e. The summed E-state index contributed by atoms with van der Waals surface area (Å²) < 4.78 is 0. The van der Waals surface area contributed by atoms with Crippen molar-refractivity contribution in [3.05, 3.63) is 35.4 Å². The first-order valence-corrected chi connectivity index (χ1v) is 4.98. The van der Waals surface area contributed by atoms with Crippen molar-refractivity contribution >= 4 is 5.97 Å². The highest BCUT2D eigenvalue weighted by atomic mass is 16.4. The van der Waals surface area contributed by atoms with E-state index in [1.807, 2.05) is 12.1 Å². The Morgan fingerprint density at radius 3 is 2.29 bits per heavy atom. The summed E-state index contributed by atoms with van der Waals surface area (Å²) in [5.41, 5.74) is 2.65. The molecule has 0 radical (unpaired) electrons. The number of carbonyl (C=O) groups is 1. The van der Waals surface area contributed by atoms with Crippen molar-refractivity contribution in [2.45, 2.75) is 19.8 Å². The molecule has 2 nitrogen and oxygen atoms in total. The molecule has 0 aliphatic heterocycles. The lowest BCUT2D eigenvalue weighted by atomic mass is 9.91. The monoisotopic (exact) mass is 190 g/mol. The second-order valence-electron chi connectivity index (χ2n) is 4.06. The third-order valence-corrected chi connectivity index (χ3v) is 3.18. The van der Waals surface area contributed by atoms with Gasteiger partial charge in [-0.1, -0.05) is 31.2 Å². The van der Waals surface area contributed by atoms with Gasteiger partial charge >= 0.3 is 5.97 Å². The van der Waals surface area contributed by atoms with E-state index in [-0.39, 0.29) is 11.8 Å². The fourth-order valence-corrected chi connectivity index (χ4v) is 2.15. The summed E-state index contributed by atoms with van der Waals surface area (Å²) in [7, 11) is 0. The van der Waals surface area contributed by atoms with E-state index >= 15 is 0 Å². The zero-order chi connectivity index (χ0) is 10.1. The van der Waals surface area contributed by atoms with E-state index < -0.39 is 5.97 Å². The Bertz CT molecular complexity index is 332. The van der Waals surface area contributed by atoms with Crippen molar-refractivity contribution in [3.8, 4) is 0 Å². The number of hydrogen-bond donors (Lipinski definition) is 1. The molecule has 0 fully saturated rings. The van der Waals surface area contributed by atoms with Gasteiger partial charge in [-0.15, -0.1) is 0 Å². The lowest BCUT2D eigenvalue weighted by Gasteiger charge is -2.13. The zero-order valence-corrected chi connectivity index (χ0v) is 8.23. The lowest BCUT2D eigenvalue weighted by Crippen LogP contribution is -2.20. The predicted octanol–water partition coefficient (Wildman–Crippen LogP) is 2.12. The van der Waals surface area contributed by atoms with Gasteiger partial charge in [-0.3, -0.25) is 4.79 Å². The Kier molecular flexibility index (Phi) is 2.28. The maximum absolute atomic E-state index is 10.8. The molecule has 1 N–H and O–H groups in total. The van der Waals surface area contributed by atoms with Crippen LogP contribution in [0.15, 0.2) is 24.3 Å². The molecule has 1 aliphatic carbocycles. The SMILES string of the molecule is C[C@H](C(=O)O)C1Cc2ccccc2C1. The highest BCUT2D eigenvalue weighted by Gasteiger charge is 2.29. The molecule has 14 heavy (non-hydrogen) atoms.